The first kappa shape index (κ1) is 26.5. The minimum atomic E-state index is -0.808. The van der Waals surface area contributed by atoms with Gasteiger partial charge in [-0.15, -0.1) is 11.6 Å². The largest absolute Gasteiger partial charge is 0.455 e. The van der Waals surface area contributed by atoms with Gasteiger partial charge in [-0.1, -0.05) is 30.3 Å². The molecule has 1 aromatic heterocycles. The van der Waals surface area contributed by atoms with Crippen molar-refractivity contribution in [2.24, 2.45) is 17.3 Å². The average molecular weight is 545 g/mol. The number of halogens is 1. The highest BCUT2D eigenvalue weighted by atomic mass is 35.5. The van der Waals surface area contributed by atoms with Crippen LogP contribution in [-0.4, -0.2) is 53.2 Å². The van der Waals surface area contributed by atoms with E-state index in [0.717, 1.165) is 42.6 Å². The zero-order chi connectivity index (χ0) is 27.1. The predicted molar refractivity (Wildman–Crippen MR) is 142 cm³/mol. The molecule has 6 rings (SSSR count). The van der Waals surface area contributed by atoms with Gasteiger partial charge in [0.2, 0.25) is 0 Å². The highest BCUT2D eigenvalue weighted by Crippen LogP contribution is 2.64. The second-order valence-corrected chi connectivity index (χ2v) is 11.9. The average Bonchev–Trinajstić information content (AvgIpc) is 2.86. The number of nitrogens with one attached hydrogen (secondary N) is 1. The summed E-state index contributed by atoms with van der Waals surface area (Å²) < 4.78 is 11.9. The summed E-state index contributed by atoms with van der Waals surface area (Å²) in [5.74, 6) is -0.405. The molecule has 0 radical (unpaired) electrons. The molecule has 1 heterocycles. The van der Waals surface area contributed by atoms with E-state index in [2.05, 4.69) is 4.98 Å². The highest BCUT2D eigenvalue weighted by Gasteiger charge is 2.60. The van der Waals surface area contributed by atoms with Crippen LogP contribution in [0.1, 0.15) is 44.1 Å². The number of aromatic amines is 1. The number of carbonyl (C=O) groups excluding carboxylic acids is 2. The number of amides is 1. The summed E-state index contributed by atoms with van der Waals surface area (Å²) in [5, 5.41) is 0. The fourth-order valence-electron chi connectivity index (χ4n) is 7.05. The van der Waals surface area contributed by atoms with Crippen LogP contribution in [0, 0.1) is 17.3 Å². The second kappa shape index (κ2) is 10.2. The number of esters is 1. The molecule has 10 nitrogen and oxygen atoms in total. The Morgan fingerprint density at radius 2 is 1.84 bits per heavy atom. The standard InChI is InChI=1S/C27H33ClN4O6/c1-37-8-7-31(21-22(29)32(25(36)30-23(21)34)14-17-5-3-2-4-6-17)20(33)15-38-24(35)26-10-18-9-19(11-26)13-27(28,12-18)16-26/h2-6,18-19H,7-16,29H2,1H3,(H,30,34,36)/t18-,19+,26?,27?. The Balaban J connectivity index is 1.37. The van der Waals surface area contributed by atoms with Crippen LogP contribution in [0.15, 0.2) is 39.9 Å². The summed E-state index contributed by atoms with van der Waals surface area (Å²) in [6.07, 6.45) is 4.96. The van der Waals surface area contributed by atoms with Crippen molar-refractivity contribution in [2.75, 3.05) is 37.5 Å². The lowest BCUT2D eigenvalue weighted by Crippen LogP contribution is -2.56. The van der Waals surface area contributed by atoms with E-state index in [4.69, 9.17) is 26.8 Å². The monoisotopic (exact) mass is 544 g/mol. The molecule has 204 valence electrons. The SMILES string of the molecule is COCCN(C(=O)COC(=O)C12C[C@@H]3C[C@@H](CC(Cl)(C3)C1)C2)c1c(N)n(Cc2ccccc2)c(=O)[nH]c1=O. The van der Waals surface area contributed by atoms with E-state index in [-0.39, 0.29) is 36.1 Å². The lowest BCUT2D eigenvalue weighted by molar-refractivity contribution is -0.171. The number of hydrogen-bond donors (Lipinski definition) is 2. The Bertz CT molecular complexity index is 1330. The van der Waals surface area contributed by atoms with E-state index < -0.39 is 35.1 Å². The fourth-order valence-corrected chi connectivity index (χ4v) is 7.75. The molecule has 3 N–H and O–H groups in total. The van der Waals surface area contributed by atoms with Crippen LogP contribution in [0.5, 0.6) is 0 Å². The van der Waals surface area contributed by atoms with Crippen LogP contribution in [0.4, 0.5) is 11.5 Å². The summed E-state index contributed by atoms with van der Waals surface area (Å²) in [7, 11) is 1.46. The Morgan fingerprint density at radius 1 is 1.16 bits per heavy atom. The maximum absolute atomic E-state index is 13.4. The normalized spacial score (nSPS) is 27.3. The molecule has 4 aliphatic carbocycles. The summed E-state index contributed by atoms with van der Waals surface area (Å²) in [4.78, 5) is 55.2. The number of nitrogens with zero attached hydrogens (tertiary/aromatic N) is 2. The van der Waals surface area contributed by atoms with Gasteiger partial charge in [-0.25, -0.2) is 4.79 Å². The van der Waals surface area contributed by atoms with E-state index in [1.54, 1.807) is 0 Å². The molecule has 1 amide bonds. The van der Waals surface area contributed by atoms with Crippen LogP contribution in [0.3, 0.4) is 0 Å². The third-order valence-electron chi connectivity index (χ3n) is 8.24. The molecule has 1 aromatic carbocycles. The van der Waals surface area contributed by atoms with Crippen molar-refractivity contribution in [2.45, 2.75) is 49.9 Å². The van der Waals surface area contributed by atoms with Crippen molar-refractivity contribution in [3.8, 4) is 0 Å². The Labute approximate surface area is 225 Å². The van der Waals surface area contributed by atoms with Gasteiger partial charge in [0.25, 0.3) is 11.5 Å². The molecule has 4 atom stereocenters. The fraction of sp³-hybridized carbons (Fsp3) is 0.556. The van der Waals surface area contributed by atoms with Crippen LogP contribution in [0.2, 0.25) is 0 Å². The van der Waals surface area contributed by atoms with E-state index in [0.29, 0.717) is 18.3 Å². The number of hydrogen-bond acceptors (Lipinski definition) is 7. The van der Waals surface area contributed by atoms with Crippen LogP contribution in [0.25, 0.3) is 0 Å². The lowest BCUT2D eigenvalue weighted by Gasteiger charge is -2.58. The molecular weight excluding hydrogens is 512 g/mol. The summed E-state index contributed by atoms with van der Waals surface area (Å²) in [6.45, 7) is -0.393. The molecule has 4 saturated carbocycles. The number of H-pyrrole nitrogens is 1. The number of ether oxygens (including phenoxy) is 2. The first-order valence-electron chi connectivity index (χ1n) is 12.9. The van der Waals surface area contributed by atoms with E-state index >= 15 is 0 Å². The molecule has 0 aliphatic heterocycles. The molecular formula is C27H33ClN4O6. The number of aromatic nitrogens is 2. The summed E-state index contributed by atoms with van der Waals surface area (Å²) >= 11 is 6.86. The van der Waals surface area contributed by atoms with Gasteiger partial charge in [-0.3, -0.25) is 28.8 Å². The Hall–Kier alpha value is -3.11. The van der Waals surface area contributed by atoms with E-state index in [1.165, 1.54) is 11.7 Å². The van der Waals surface area contributed by atoms with E-state index in [9.17, 15) is 19.2 Å². The zero-order valence-electron chi connectivity index (χ0n) is 21.4. The molecule has 4 fully saturated rings. The molecule has 0 saturated heterocycles. The number of nitrogen functional groups attached to an aromatic ring is 1. The van der Waals surface area contributed by atoms with Gasteiger partial charge in [-0.2, -0.15) is 0 Å². The topological polar surface area (TPSA) is 137 Å². The highest BCUT2D eigenvalue weighted by molar-refractivity contribution is 6.24. The smallest absolute Gasteiger partial charge is 0.330 e. The number of anilines is 2. The van der Waals surface area contributed by atoms with Gasteiger partial charge in [-0.05, 0) is 55.9 Å². The lowest BCUT2D eigenvalue weighted by atomic mass is 9.49. The van der Waals surface area contributed by atoms with Crippen molar-refractivity contribution in [1.82, 2.24) is 9.55 Å². The minimum absolute atomic E-state index is 0.0240. The quantitative estimate of drug-likeness (QED) is 0.365. The number of alkyl halides is 1. The van der Waals surface area contributed by atoms with Crippen molar-refractivity contribution in [3.63, 3.8) is 0 Å². The molecule has 0 spiro atoms. The van der Waals surface area contributed by atoms with Crippen molar-refractivity contribution >= 4 is 35.0 Å². The predicted octanol–water partition coefficient (Wildman–Crippen LogP) is 2.27. The first-order chi connectivity index (χ1) is 18.1. The molecule has 2 unspecified atom stereocenters. The van der Waals surface area contributed by atoms with Crippen LogP contribution in [-0.2, 0) is 25.6 Å². The van der Waals surface area contributed by atoms with Crippen molar-refractivity contribution in [1.29, 1.82) is 0 Å². The molecule has 4 bridgehead atoms. The van der Waals surface area contributed by atoms with Gasteiger partial charge in [0, 0.05) is 18.5 Å². The van der Waals surface area contributed by atoms with Gasteiger partial charge < -0.3 is 15.2 Å². The molecule has 38 heavy (non-hydrogen) atoms. The number of rotatable bonds is 9. The number of methoxy groups -OCH3 is 1. The summed E-state index contributed by atoms with van der Waals surface area (Å²) in [6, 6.07) is 9.12. The maximum atomic E-state index is 13.4. The Kier molecular flexibility index (Phi) is 7.13. The van der Waals surface area contributed by atoms with Crippen LogP contribution < -0.4 is 21.9 Å². The van der Waals surface area contributed by atoms with Gasteiger partial charge >= 0.3 is 11.7 Å². The number of benzene rings is 1. The number of nitrogens with two attached hydrogens (primary N) is 1. The second-order valence-electron chi connectivity index (χ2n) is 11.1. The molecule has 11 heteroatoms. The van der Waals surface area contributed by atoms with Gasteiger partial charge in [0.15, 0.2) is 12.3 Å². The molecule has 4 aliphatic rings. The molecule has 2 aromatic rings. The van der Waals surface area contributed by atoms with Gasteiger partial charge in [0.1, 0.15) is 5.82 Å². The minimum Gasteiger partial charge on any atom is -0.455 e. The van der Waals surface area contributed by atoms with E-state index in [1.807, 2.05) is 30.3 Å². The van der Waals surface area contributed by atoms with Gasteiger partial charge in [0.05, 0.1) is 18.6 Å². The Morgan fingerprint density at radius 3 is 2.47 bits per heavy atom. The van der Waals surface area contributed by atoms with Crippen LogP contribution >= 0.6 is 11.6 Å². The third-order valence-corrected chi connectivity index (χ3v) is 8.68. The van der Waals surface area contributed by atoms with Crippen molar-refractivity contribution < 1.29 is 19.1 Å². The number of carbonyl (C=O) groups is 2. The summed E-state index contributed by atoms with van der Waals surface area (Å²) in [5.41, 5.74) is 4.74. The zero-order valence-corrected chi connectivity index (χ0v) is 22.2. The van der Waals surface area contributed by atoms with Crippen molar-refractivity contribution in [3.05, 3.63) is 56.7 Å². The third kappa shape index (κ3) is 4.99. The first-order valence-corrected chi connectivity index (χ1v) is 13.3. The maximum Gasteiger partial charge on any atom is 0.330 e.